The molecule has 1 aromatic heterocycles. The monoisotopic (exact) mass is 336 g/mol. The Balaban J connectivity index is 1.82. The van der Waals surface area contributed by atoms with Crippen LogP contribution in [0.3, 0.4) is 0 Å². The van der Waals surface area contributed by atoms with Crippen molar-refractivity contribution in [1.82, 2.24) is 4.98 Å². The van der Waals surface area contributed by atoms with E-state index in [4.69, 9.17) is 11.6 Å². The lowest BCUT2D eigenvalue weighted by atomic mass is 9.98. The summed E-state index contributed by atoms with van der Waals surface area (Å²) in [7, 11) is 0. The Hall–Kier alpha value is -2.65. The normalized spacial score (nSPS) is 11.7. The van der Waals surface area contributed by atoms with Crippen molar-refractivity contribution in [2.75, 3.05) is 5.32 Å². The van der Waals surface area contributed by atoms with Gasteiger partial charge in [-0.3, -0.25) is 4.79 Å². The summed E-state index contributed by atoms with van der Waals surface area (Å²) < 4.78 is 0. The summed E-state index contributed by atoms with van der Waals surface area (Å²) >= 11 is 5.89. The van der Waals surface area contributed by atoms with Gasteiger partial charge in [-0.05, 0) is 42.0 Å². The number of ketones is 1. The molecule has 3 nitrogen and oxygen atoms in total. The molecule has 0 aliphatic heterocycles. The Morgan fingerprint density at radius 1 is 0.958 bits per heavy atom. The Labute approximate surface area is 146 Å². The standard InChI is InChI=1S/C20H17ClN2O/c21-17-11-9-16(10-12-17)19(24)14-18(15-6-2-1-3-7-15)23-20-8-4-5-13-22-20/h1-13,18H,14H2,(H,22,23). The van der Waals surface area contributed by atoms with E-state index < -0.39 is 0 Å². The number of hydrogen-bond acceptors (Lipinski definition) is 3. The summed E-state index contributed by atoms with van der Waals surface area (Å²) in [5.74, 6) is 0.805. The van der Waals surface area contributed by atoms with Crippen LogP contribution in [0.15, 0.2) is 79.0 Å². The maximum Gasteiger partial charge on any atom is 0.165 e. The van der Waals surface area contributed by atoms with Gasteiger partial charge in [-0.15, -0.1) is 0 Å². The van der Waals surface area contributed by atoms with Gasteiger partial charge in [-0.1, -0.05) is 48.0 Å². The number of carbonyl (C=O) groups excluding carboxylic acids is 1. The zero-order valence-electron chi connectivity index (χ0n) is 13.0. The molecule has 0 amide bonds. The number of aromatic nitrogens is 1. The van der Waals surface area contributed by atoms with Crippen LogP contribution in [-0.4, -0.2) is 10.8 Å². The topological polar surface area (TPSA) is 42.0 Å². The van der Waals surface area contributed by atoms with Crippen LogP contribution < -0.4 is 5.32 Å². The predicted octanol–water partition coefficient (Wildman–Crippen LogP) is 5.16. The van der Waals surface area contributed by atoms with Gasteiger partial charge in [-0.25, -0.2) is 4.98 Å². The van der Waals surface area contributed by atoms with E-state index in [-0.39, 0.29) is 11.8 Å². The number of hydrogen-bond donors (Lipinski definition) is 1. The molecule has 0 saturated heterocycles. The summed E-state index contributed by atoms with van der Waals surface area (Å²) in [6, 6.07) is 22.4. The molecule has 0 radical (unpaired) electrons. The highest BCUT2D eigenvalue weighted by molar-refractivity contribution is 6.30. The van der Waals surface area contributed by atoms with E-state index in [9.17, 15) is 4.79 Å². The fourth-order valence-electron chi connectivity index (χ4n) is 2.50. The van der Waals surface area contributed by atoms with Crippen molar-refractivity contribution >= 4 is 23.2 Å². The van der Waals surface area contributed by atoms with Gasteiger partial charge < -0.3 is 5.32 Å². The number of nitrogens with zero attached hydrogens (tertiary/aromatic N) is 1. The summed E-state index contributed by atoms with van der Waals surface area (Å²) in [5, 5.41) is 3.97. The molecule has 0 fully saturated rings. The quantitative estimate of drug-likeness (QED) is 0.632. The molecule has 1 heterocycles. The molecule has 120 valence electrons. The molecule has 0 aliphatic carbocycles. The third-order valence-corrected chi connectivity index (χ3v) is 4.00. The molecule has 4 heteroatoms. The molecule has 0 saturated carbocycles. The SMILES string of the molecule is O=C(CC(Nc1ccccn1)c1ccccc1)c1ccc(Cl)cc1. The minimum absolute atomic E-state index is 0.0592. The third-order valence-electron chi connectivity index (χ3n) is 3.74. The lowest BCUT2D eigenvalue weighted by Crippen LogP contribution is -2.16. The van der Waals surface area contributed by atoms with Gasteiger partial charge in [0.2, 0.25) is 0 Å². The first-order valence-corrected chi connectivity index (χ1v) is 8.11. The van der Waals surface area contributed by atoms with Gasteiger partial charge in [-0.2, -0.15) is 0 Å². The highest BCUT2D eigenvalue weighted by Gasteiger charge is 2.17. The van der Waals surface area contributed by atoms with Crippen LogP contribution in [0.2, 0.25) is 5.02 Å². The van der Waals surface area contributed by atoms with Crippen molar-refractivity contribution in [3.8, 4) is 0 Å². The minimum Gasteiger partial charge on any atom is -0.363 e. The number of pyridine rings is 1. The molecular formula is C20H17ClN2O. The number of Topliss-reactive ketones (excluding diaryl/α,β-unsaturated/α-hetero) is 1. The van der Waals surface area contributed by atoms with E-state index >= 15 is 0 Å². The molecule has 24 heavy (non-hydrogen) atoms. The zero-order chi connectivity index (χ0) is 16.8. The first-order valence-electron chi connectivity index (χ1n) is 7.73. The first-order chi connectivity index (χ1) is 11.7. The Kier molecular flexibility index (Phi) is 5.24. The Morgan fingerprint density at radius 3 is 2.33 bits per heavy atom. The van der Waals surface area contributed by atoms with E-state index in [0.29, 0.717) is 17.0 Å². The predicted molar refractivity (Wildman–Crippen MR) is 97.4 cm³/mol. The van der Waals surface area contributed by atoms with Gasteiger partial charge in [0.1, 0.15) is 5.82 Å². The number of carbonyl (C=O) groups is 1. The van der Waals surface area contributed by atoms with Crippen molar-refractivity contribution in [2.24, 2.45) is 0 Å². The smallest absolute Gasteiger partial charge is 0.165 e. The van der Waals surface area contributed by atoms with Crippen LogP contribution in [0, 0.1) is 0 Å². The minimum atomic E-state index is -0.149. The molecule has 0 spiro atoms. The molecule has 3 aromatic rings. The van der Waals surface area contributed by atoms with Crippen molar-refractivity contribution in [3.63, 3.8) is 0 Å². The molecule has 3 rings (SSSR count). The van der Waals surface area contributed by atoms with Gasteiger partial charge in [0.15, 0.2) is 5.78 Å². The first kappa shape index (κ1) is 16.2. The van der Waals surface area contributed by atoms with E-state index in [0.717, 1.165) is 11.4 Å². The van der Waals surface area contributed by atoms with Gasteiger partial charge in [0, 0.05) is 23.2 Å². The second-order valence-electron chi connectivity index (χ2n) is 5.46. The summed E-state index contributed by atoms with van der Waals surface area (Å²) in [6.07, 6.45) is 2.06. The van der Waals surface area contributed by atoms with Gasteiger partial charge in [0.05, 0.1) is 6.04 Å². The average molecular weight is 337 g/mol. The van der Waals surface area contributed by atoms with Crippen LogP contribution in [0.1, 0.15) is 28.4 Å². The number of halogens is 1. The van der Waals surface area contributed by atoms with Crippen molar-refractivity contribution in [3.05, 3.63) is 95.1 Å². The van der Waals surface area contributed by atoms with Crippen LogP contribution >= 0.6 is 11.6 Å². The van der Waals surface area contributed by atoms with E-state index in [1.165, 1.54) is 0 Å². The van der Waals surface area contributed by atoms with Crippen LogP contribution in [0.5, 0.6) is 0 Å². The molecule has 1 unspecified atom stereocenters. The van der Waals surface area contributed by atoms with Crippen LogP contribution in [0.4, 0.5) is 5.82 Å². The zero-order valence-corrected chi connectivity index (χ0v) is 13.8. The Bertz CT molecular complexity index is 789. The fraction of sp³-hybridized carbons (Fsp3) is 0.100. The van der Waals surface area contributed by atoms with E-state index in [1.807, 2.05) is 48.5 Å². The second-order valence-corrected chi connectivity index (χ2v) is 5.89. The number of benzene rings is 2. The van der Waals surface area contributed by atoms with E-state index in [1.54, 1.807) is 30.5 Å². The highest BCUT2D eigenvalue weighted by Crippen LogP contribution is 2.24. The largest absolute Gasteiger partial charge is 0.363 e. The third kappa shape index (κ3) is 4.21. The summed E-state index contributed by atoms with van der Waals surface area (Å²) in [5.41, 5.74) is 1.70. The maximum absolute atomic E-state index is 12.6. The van der Waals surface area contributed by atoms with Crippen LogP contribution in [-0.2, 0) is 0 Å². The molecule has 0 bridgehead atoms. The fourth-order valence-corrected chi connectivity index (χ4v) is 2.63. The van der Waals surface area contributed by atoms with E-state index in [2.05, 4.69) is 10.3 Å². The lowest BCUT2D eigenvalue weighted by Gasteiger charge is -2.19. The van der Waals surface area contributed by atoms with Crippen LogP contribution in [0.25, 0.3) is 0 Å². The number of anilines is 1. The Morgan fingerprint density at radius 2 is 1.67 bits per heavy atom. The molecule has 1 N–H and O–H groups in total. The molecular weight excluding hydrogens is 320 g/mol. The maximum atomic E-state index is 12.6. The van der Waals surface area contributed by atoms with Gasteiger partial charge >= 0.3 is 0 Å². The van der Waals surface area contributed by atoms with Crippen molar-refractivity contribution in [2.45, 2.75) is 12.5 Å². The summed E-state index contributed by atoms with van der Waals surface area (Å²) in [4.78, 5) is 16.9. The molecule has 1 atom stereocenters. The van der Waals surface area contributed by atoms with Gasteiger partial charge in [0.25, 0.3) is 0 Å². The second kappa shape index (κ2) is 7.75. The van der Waals surface area contributed by atoms with Crippen molar-refractivity contribution in [1.29, 1.82) is 0 Å². The lowest BCUT2D eigenvalue weighted by molar-refractivity contribution is 0.0976. The average Bonchev–Trinajstić information content (AvgIpc) is 2.63. The number of rotatable bonds is 6. The molecule has 2 aromatic carbocycles. The summed E-state index contributed by atoms with van der Waals surface area (Å²) in [6.45, 7) is 0. The molecule has 0 aliphatic rings. The van der Waals surface area contributed by atoms with Crippen molar-refractivity contribution < 1.29 is 4.79 Å². The highest BCUT2D eigenvalue weighted by atomic mass is 35.5. The number of nitrogens with one attached hydrogen (secondary N) is 1.